The third-order valence-corrected chi connectivity index (χ3v) is 5.65. The summed E-state index contributed by atoms with van der Waals surface area (Å²) in [6.45, 7) is 6.06. The molecule has 0 bridgehead atoms. The van der Waals surface area contributed by atoms with E-state index in [0.29, 0.717) is 31.7 Å². The monoisotopic (exact) mass is 364 g/mol. The number of hydrogen-bond donors (Lipinski definition) is 1. The summed E-state index contributed by atoms with van der Waals surface area (Å²) in [7, 11) is -3.14. The smallest absolute Gasteiger partial charge is 0.252 e. The van der Waals surface area contributed by atoms with E-state index >= 15 is 0 Å². The summed E-state index contributed by atoms with van der Waals surface area (Å²) in [4.78, 5) is 14.4. The summed E-state index contributed by atoms with van der Waals surface area (Å²) in [5.74, 6) is 0.876. The summed E-state index contributed by atoms with van der Waals surface area (Å²) < 4.78 is 26.8. The van der Waals surface area contributed by atoms with Gasteiger partial charge in [-0.3, -0.25) is 4.79 Å². The van der Waals surface area contributed by atoms with Crippen LogP contribution in [0.5, 0.6) is 0 Å². The number of nitrogens with one attached hydrogen (secondary N) is 1. The van der Waals surface area contributed by atoms with Crippen LogP contribution in [0.15, 0.2) is 30.5 Å². The van der Waals surface area contributed by atoms with Crippen molar-refractivity contribution in [3.63, 3.8) is 0 Å². The van der Waals surface area contributed by atoms with Crippen LogP contribution in [-0.2, 0) is 10.0 Å². The van der Waals surface area contributed by atoms with E-state index in [1.54, 1.807) is 0 Å². The van der Waals surface area contributed by atoms with Crippen LogP contribution in [0.2, 0.25) is 0 Å². The zero-order valence-electron chi connectivity index (χ0n) is 14.8. The fourth-order valence-electron chi connectivity index (χ4n) is 3.07. The Bertz CT molecular complexity index is 880. The molecule has 0 radical (unpaired) electrons. The van der Waals surface area contributed by atoms with Gasteiger partial charge in [-0.25, -0.2) is 8.42 Å². The zero-order valence-corrected chi connectivity index (χ0v) is 15.6. The molecule has 2 aromatic heterocycles. The van der Waals surface area contributed by atoms with Gasteiger partial charge in [0, 0.05) is 43.9 Å². The van der Waals surface area contributed by atoms with E-state index in [-0.39, 0.29) is 11.9 Å². The minimum absolute atomic E-state index is 0.0800. The van der Waals surface area contributed by atoms with Gasteiger partial charge in [-0.05, 0) is 38.1 Å². The van der Waals surface area contributed by atoms with Crippen LogP contribution in [-0.4, -0.2) is 61.5 Å². The largest absolute Gasteiger partial charge is 0.355 e. The molecule has 25 heavy (non-hydrogen) atoms. The van der Waals surface area contributed by atoms with Gasteiger partial charge in [0.2, 0.25) is 10.0 Å². The van der Waals surface area contributed by atoms with E-state index in [4.69, 9.17) is 0 Å². The lowest BCUT2D eigenvalue weighted by atomic mass is 10.2. The molecule has 136 valence electrons. The van der Waals surface area contributed by atoms with Crippen molar-refractivity contribution >= 4 is 27.3 Å². The predicted molar refractivity (Wildman–Crippen MR) is 98.6 cm³/mol. The summed E-state index contributed by atoms with van der Waals surface area (Å²) >= 11 is 0. The van der Waals surface area contributed by atoms with Crippen LogP contribution in [0, 0.1) is 0 Å². The van der Waals surface area contributed by atoms with E-state index in [2.05, 4.69) is 10.2 Å². The van der Waals surface area contributed by atoms with Crippen LogP contribution >= 0.6 is 0 Å². The molecule has 3 rings (SSSR count). The maximum absolute atomic E-state index is 12.3. The minimum Gasteiger partial charge on any atom is -0.355 e. The predicted octanol–water partition coefficient (Wildman–Crippen LogP) is 1.16. The quantitative estimate of drug-likeness (QED) is 0.883. The normalized spacial score (nSPS) is 16.6. The molecular weight excluding hydrogens is 340 g/mol. The molecule has 1 aliphatic heterocycles. The van der Waals surface area contributed by atoms with Crippen LogP contribution in [0.1, 0.15) is 24.2 Å². The van der Waals surface area contributed by atoms with Crippen LogP contribution in [0.25, 0.3) is 5.52 Å². The average Bonchev–Trinajstić information content (AvgIpc) is 2.96. The topological polar surface area (TPSA) is 74.1 Å². The number of piperazine rings is 1. The molecule has 0 aromatic carbocycles. The number of rotatable bonds is 4. The number of pyridine rings is 1. The number of amides is 1. The number of aromatic nitrogens is 1. The van der Waals surface area contributed by atoms with Gasteiger partial charge in [0.25, 0.3) is 5.91 Å². The Hall–Kier alpha value is -2.06. The summed E-state index contributed by atoms with van der Waals surface area (Å²) in [6, 6.07) is 7.83. The molecule has 0 aliphatic carbocycles. The first-order valence-electron chi connectivity index (χ1n) is 8.38. The van der Waals surface area contributed by atoms with Gasteiger partial charge in [0.15, 0.2) is 0 Å². The summed E-state index contributed by atoms with van der Waals surface area (Å²) in [6.07, 6.45) is 3.08. The van der Waals surface area contributed by atoms with Gasteiger partial charge < -0.3 is 14.6 Å². The highest BCUT2D eigenvalue weighted by atomic mass is 32.2. The Labute approximate surface area is 148 Å². The molecule has 2 aromatic rings. The Morgan fingerprint density at radius 1 is 1.08 bits per heavy atom. The molecule has 1 fully saturated rings. The molecule has 1 N–H and O–H groups in total. The molecule has 0 unspecified atom stereocenters. The standard InChI is InChI=1S/C17H24N4O3S/c1-13(2)18-17(22)14-4-5-15-6-7-16(21(15)12-14)19-8-10-20(11-9-19)25(3,23)24/h4-7,12-13H,8-11H2,1-3H3,(H,18,22). The molecular formula is C17H24N4O3S. The van der Waals surface area contributed by atoms with E-state index in [1.807, 2.05) is 48.7 Å². The number of nitrogens with zero attached hydrogens (tertiary/aromatic N) is 3. The lowest BCUT2D eigenvalue weighted by molar-refractivity contribution is 0.0942. The van der Waals surface area contributed by atoms with E-state index in [9.17, 15) is 13.2 Å². The van der Waals surface area contributed by atoms with E-state index < -0.39 is 10.0 Å². The Morgan fingerprint density at radius 2 is 1.72 bits per heavy atom. The number of hydrogen-bond acceptors (Lipinski definition) is 4. The van der Waals surface area contributed by atoms with Crippen LogP contribution < -0.4 is 10.2 Å². The second kappa shape index (κ2) is 6.68. The molecule has 0 spiro atoms. The molecule has 7 nitrogen and oxygen atoms in total. The van der Waals surface area contributed by atoms with Crippen molar-refractivity contribution in [1.82, 2.24) is 14.0 Å². The van der Waals surface area contributed by atoms with Crippen molar-refractivity contribution < 1.29 is 13.2 Å². The van der Waals surface area contributed by atoms with Crippen molar-refractivity contribution in [2.45, 2.75) is 19.9 Å². The summed E-state index contributed by atoms with van der Waals surface area (Å²) in [5, 5.41) is 2.90. The van der Waals surface area contributed by atoms with E-state index in [0.717, 1.165) is 11.3 Å². The molecule has 0 saturated carbocycles. The van der Waals surface area contributed by atoms with Crippen molar-refractivity contribution in [2.75, 3.05) is 37.3 Å². The van der Waals surface area contributed by atoms with Crippen molar-refractivity contribution in [3.05, 3.63) is 36.0 Å². The third kappa shape index (κ3) is 3.80. The highest BCUT2D eigenvalue weighted by Gasteiger charge is 2.24. The van der Waals surface area contributed by atoms with E-state index in [1.165, 1.54) is 10.6 Å². The van der Waals surface area contributed by atoms with Gasteiger partial charge >= 0.3 is 0 Å². The average molecular weight is 364 g/mol. The second-order valence-electron chi connectivity index (χ2n) is 6.68. The van der Waals surface area contributed by atoms with Gasteiger partial charge in [0.05, 0.1) is 11.8 Å². The highest BCUT2D eigenvalue weighted by molar-refractivity contribution is 7.88. The Morgan fingerprint density at radius 3 is 2.32 bits per heavy atom. The number of anilines is 1. The molecule has 1 saturated heterocycles. The minimum atomic E-state index is -3.14. The third-order valence-electron chi connectivity index (χ3n) is 4.34. The molecule has 0 atom stereocenters. The van der Waals surface area contributed by atoms with Crippen LogP contribution in [0.4, 0.5) is 5.82 Å². The number of sulfonamides is 1. The maximum Gasteiger partial charge on any atom is 0.252 e. The number of carbonyl (C=O) groups is 1. The van der Waals surface area contributed by atoms with Crippen LogP contribution in [0.3, 0.4) is 0 Å². The van der Waals surface area contributed by atoms with Gasteiger partial charge in [-0.1, -0.05) is 0 Å². The first-order valence-corrected chi connectivity index (χ1v) is 10.2. The van der Waals surface area contributed by atoms with Gasteiger partial charge in [-0.2, -0.15) is 4.31 Å². The SMILES string of the molecule is CC(C)NC(=O)c1ccc2ccc(N3CCN(S(C)(=O)=O)CC3)n2c1. The Kier molecular flexibility index (Phi) is 4.75. The maximum atomic E-state index is 12.3. The summed E-state index contributed by atoms with van der Waals surface area (Å²) in [5.41, 5.74) is 1.61. The lowest BCUT2D eigenvalue weighted by Crippen LogP contribution is -2.48. The van der Waals surface area contributed by atoms with Gasteiger partial charge in [0.1, 0.15) is 5.82 Å². The lowest BCUT2D eigenvalue weighted by Gasteiger charge is -2.34. The molecule has 3 heterocycles. The first kappa shape index (κ1) is 17.8. The molecule has 1 amide bonds. The first-order chi connectivity index (χ1) is 11.8. The molecule has 1 aliphatic rings. The highest BCUT2D eigenvalue weighted by Crippen LogP contribution is 2.22. The fraction of sp³-hybridized carbons (Fsp3) is 0.471. The van der Waals surface area contributed by atoms with Crippen molar-refractivity contribution in [3.8, 4) is 0 Å². The second-order valence-corrected chi connectivity index (χ2v) is 8.66. The number of fused-ring (bicyclic) bond motifs is 1. The van der Waals surface area contributed by atoms with Crippen molar-refractivity contribution in [1.29, 1.82) is 0 Å². The fourth-order valence-corrected chi connectivity index (χ4v) is 3.90. The molecule has 8 heteroatoms. The zero-order chi connectivity index (χ0) is 18.2. The number of carbonyl (C=O) groups excluding carboxylic acids is 1. The Balaban J connectivity index is 1.84. The van der Waals surface area contributed by atoms with Gasteiger partial charge in [-0.15, -0.1) is 0 Å². The van der Waals surface area contributed by atoms with Crippen molar-refractivity contribution in [2.24, 2.45) is 0 Å².